The van der Waals surface area contributed by atoms with Crippen LogP contribution < -0.4 is 10.9 Å². The highest BCUT2D eigenvalue weighted by Gasteiger charge is 2.05. The molecule has 5 nitrogen and oxygen atoms in total. The molecule has 2 N–H and O–H groups in total. The highest BCUT2D eigenvalue weighted by atomic mass is 35.5. The average Bonchev–Trinajstić information content (AvgIpc) is 2.70. The molecule has 0 amide bonds. The Morgan fingerprint density at radius 2 is 2.41 bits per heavy atom. The van der Waals surface area contributed by atoms with E-state index in [1.807, 2.05) is 12.3 Å². The summed E-state index contributed by atoms with van der Waals surface area (Å²) in [6, 6.07) is 0. The molecule has 0 bridgehead atoms. The predicted octanol–water partition coefficient (Wildman–Crippen LogP) is 1.84. The van der Waals surface area contributed by atoms with Crippen molar-refractivity contribution < 1.29 is 0 Å². The number of thiazole rings is 1. The maximum absolute atomic E-state index is 11.2. The van der Waals surface area contributed by atoms with E-state index in [-0.39, 0.29) is 10.6 Å². The predicted molar refractivity (Wildman–Crippen MR) is 68.9 cm³/mol. The Morgan fingerprint density at radius 1 is 1.59 bits per heavy atom. The first-order chi connectivity index (χ1) is 8.16. The molecule has 0 fully saturated rings. The second-order valence-electron chi connectivity index (χ2n) is 3.43. The van der Waals surface area contributed by atoms with Crippen molar-refractivity contribution in [3.63, 3.8) is 0 Å². The zero-order valence-electron chi connectivity index (χ0n) is 9.16. The van der Waals surface area contributed by atoms with E-state index in [0.717, 1.165) is 17.1 Å². The highest BCUT2D eigenvalue weighted by molar-refractivity contribution is 7.09. The maximum Gasteiger partial charge on any atom is 0.271 e. The number of rotatable bonds is 4. The molecule has 17 heavy (non-hydrogen) atoms. The van der Waals surface area contributed by atoms with Gasteiger partial charge in [0.25, 0.3) is 5.56 Å². The van der Waals surface area contributed by atoms with Crippen molar-refractivity contribution in [2.75, 3.05) is 11.9 Å². The normalized spacial score (nSPS) is 10.5. The van der Waals surface area contributed by atoms with Gasteiger partial charge in [-0.05, 0) is 6.92 Å². The van der Waals surface area contributed by atoms with E-state index >= 15 is 0 Å². The van der Waals surface area contributed by atoms with Gasteiger partial charge in [0, 0.05) is 18.3 Å². The van der Waals surface area contributed by atoms with Crippen LogP contribution in [0.1, 0.15) is 10.7 Å². The molecule has 0 aliphatic rings. The summed E-state index contributed by atoms with van der Waals surface area (Å²) < 4.78 is 0. The standard InChI is InChI=1S/C10H11ClN4OS/c1-6-15-7(4-17-6)2-3-12-9-8(11)10(16)14-5-13-9/h4-5H,2-3H2,1H3,(H2,12,13,14,16). The number of anilines is 1. The monoisotopic (exact) mass is 270 g/mol. The second kappa shape index (κ2) is 5.29. The lowest BCUT2D eigenvalue weighted by atomic mass is 10.3. The van der Waals surface area contributed by atoms with Gasteiger partial charge in [0.15, 0.2) is 5.82 Å². The van der Waals surface area contributed by atoms with Crippen LogP contribution in [0.2, 0.25) is 5.02 Å². The zero-order chi connectivity index (χ0) is 12.3. The van der Waals surface area contributed by atoms with Crippen LogP contribution in [0.25, 0.3) is 0 Å². The van der Waals surface area contributed by atoms with Crippen molar-refractivity contribution in [2.24, 2.45) is 0 Å². The molecule has 2 aromatic heterocycles. The van der Waals surface area contributed by atoms with E-state index in [1.54, 1.807) is 11.3 Å². The smallest absolute Gasteiger partial charge is 0.271 e. The molecule has 0 saturated heterocycles. The molecule has 0 spiro atoms. The lowest BCUT2D eigenvalue weighted by Crippen LogP contribution is -2.13. The van der Waals surface area contributed by atoms with E-state index in [9.17, 15) is 4.79 Å². The van der Waals surface area contributed by atoms with Gasteiger partial charge in [-0.3, -0.25) is 4.79 Å². The summed E-state index contributed by atoms with van der Waals surface area (Å²) in [5.74, 6) is 0.405. The van der Waals surface area contributed by atoms with Crippen LogP contribution in [-0.2, 0) is 6.42 Å². The fourth-order valence-electron chi connectivity index (χ4n) is 1.34. The molecule has 2 rings (SSSR count). The first-order valence-electron chi connectivity index (χ1n) is 5.05. The first kappa shape index (κ1) is 12.1. The number of nitrogens with zero attached hydrogens (tertiary/aromatic N) is 2. The SMILES string of the molecule is Cc1nc(CCNc2nc[nH]c(=O)c2Cl)cs1. The molecule has 0 saturated carbocycles. The minimum absolute atomic E-state index is 0.0851. The van der Waals surface area contributed by atoms with Crippen LogP contribution in [0.3, 0.4) is 0 Å². The fraction of sp³-hybridized carbons (Fsp3) is 0.300. The Morgan fingerprint density at radius 3 is 3.12 bits per heavy atom. The van der Waals surface area contributed by atoms with Gasteiger partial charge in [0.2, 0.25) is 0 Å². The first-order valence-corrected chi connectivity index (χ1v) is 6.30. The fourth-order valence-corrected chi connectivity index (χ4v) is 2.16. The van der Waals surface area contributed by atoms with Crippen molar-refractivity contribution >= 4 is 28.8 Å². The molecule has 0 radical (unpaired) electrons. The minimum atomic E-state index is -0.339. The molecular weight excluding hydrogens is 260 g/mol. The van der Waals surface area contributed by atoms with E-state index < -0.39 is 0 Å². The average molecular weight is 271 g/mol. The van der Waals surface area contributed by atoms with Crippen molar-refractivity contribution in [3.05, 3.63) is 37.8 Å². The van der Waals surface area contributed by atoms with Crippen molar-refractivity contribution in [2.45, 2.75) is 13.3 Å². The summed E-state index contributed by atoms with van der Waals surface area (Å²) in [5, 5.41) is 6.16. The van der Waals surface area contributed by atoms with Gasteiger partial charge in [-0.2, -0.15) is 0 Å². The number of halogens is 1. The molecule has 90 valence electrons. The lowest BCUT2D eigenvalue weighted by Gasteiger charge is -2.04. The molecule has 2 aromatic rings. The molecule has 0 aromatic carbocycles. The molecule has 0 atom stereocenters. The van der Waals surface area contributed by atoms with E-state index in [2.05, 4.69) is 20.3 Å². The molecule has 0 aliphatic heterocycles. The van der Waals surface area contributed by atoms with Gasteiger partial charge in [0.05, 0.1) is 17.0 Å². The Hall–Kier alpha value is -1.40. The van der Waals surface area contributed by atoms with Gasteiger partial charge in [-0.1, -0.05) is 11.6 Å². The number of H-pyrrole nitrogens is 1. The number of aromatic amines is 1. The van der Waals surface area contributed by atoms with Crippen LogP contribution in [0, 0.1) is 6.92 Å². The molecular formula is C10H11ClN4OS. The molecule has 0 aliphatic carbocycles. The third-order valence-electron chi connectivity index (χ3n) is 2.14. The molecule has 7 heteroatoms. The van der Waals surface area contributed by atoms with Crippen molar-refractivity contribution in [1.29, 1.82) is 0 Å². The second-order valence-corrected chi connectivity index (χ2v) is 4.87. The number of hydrogen-bond acceptors (Lipinski definition) is 5. The van der Waals surface area contributed by atoms with Gasteiger partial charge in [-0.15, -0.1) is 11.3 Å². The molecule has 0 unspecified atom stereocenters. The largest absolute Gasteiger partial charge is 0.368 e. The maximum atomic E-state index is 11.2. The molecule has 2 heterocycles. The van der Waals surface area contributed by atoms with E-state index in [0.29, 0.717) is 12.4 Å². The summed E-state index contributed by atoms with van der Waals surface area (Å²) >= 11 is 7.42. The lowest BCUT2D eigenvalue weighted by molar-refractivity contribution is 0.954. The van der Waals surface area contributed by atoms with Crippen molar-refractivity contribution in [1.82, 2.24) is 15.0 Å². The van der Waals surface area contributed by atoms with Gasteiger partial charge in [-0.25, -0.2) is 9.97 Å². The highest BCUT2D eigenvalue weighted by Crippen LogP contribution is 2.13. The van der Waals surface area contributed by atoms with Gasteiger partial charge >= 0.3 is 0 Å². The van der Waals surface area contributed by atoms with Gasteiger partial charge < -0.3 is 10.3 Å². The summed E-state index contributed by atoms with van der Waals surface area (Å²) in [6.07, 6.45) is 2.10. The summed E-state index contributed by atoms with van der Waals surface area (Å²) in [5.41, 5.74) is 0.689. The Bertz CT molecular complexity index is 565. The van der Waals surface area contributed by atoms with Crippen LogP contribution in [-0.4, -0.2) is 21.5 Å². The Labute approximate surface area is 107 Å². The summed E-state index contributed by atoms with van der Waals surface area (Å²) in [4.78, 5) is 21.9. The quantitative estimate of drug-likeness (QED) is 0.889. The van der Waals surface area contributed by atoms with Crippen LogP contribution >= 0.6 is 22.9 Å². The van der Waals surface area contributed by atoms with Crippen LogP contribution in [0.4, 0.5) is 5.82 Å². The zero-order valence-corrected chi connectivity index (χ0v) is 10.7. The third kappa shape index (κ3) is 3.04. The topological polar surface area (TPSA) is 70.7 Å². The number of hydrogen-bond donors (Lipinski definition) is 2. The Balaban J connectivity index is 1.94. The van der Waals surface area contributed by atoms with Crippen LogP contribution in [0.15, 0.2) is 16.5 Å². The summed E-state index contributed by atoms with van der Waals surface area (Å²) in [6.45, 7) is 2.61. The third-order valence-corrected chi connectivity index (χ3v) is 3.31. The number of aromatic nitrogens is 3. The van der Waals surface area contributed by atoms with Gasteiger partial charge in [0.1, 0.15) is 5.02 Å². The Kier molecular flexibility index (Phi) is 3.75. The van der Waals surface area contributed by atoms with Crippen LogP contribution in [0.5, 0.6) is 0 Å². The van der Waals surface area contributed by atoms with E-state index in [4.69, 9.17) is 11.6 Å². The summed E-state index contributed by atoms with van der Waals surface area (Å²) in [7, 11) is 0. The number of aryl methyl sites for hydroxylation is 1. The van der Waals surface area contributed by atoms with Crippen molar-refractivity contribution in [3.8, 4) is 0 Å². The van der Waals surface area contributed by atoms with E-state index in [1.165, 1.54) is 6.33 Å². The minimum Gasteiger partial charge on any atom is -0.368 e. The number of nitrogens with one attached hydrogen (secondary N) is 2.